The summed E-state index contributed by atoms with van der Waals surface area (Å²) in [6.45, 7) is 6.18. The topological polar surface area (TPSA) is 46.5 Å². The van der Waals surface area contributed by atoms with Crippen molar-refractivity contribution < 1.29 is 14.6 Å². The number of carbonyl (C=O) groups is 1. The summed E-state index contributed by atoms with van der Waals surface area (Å²) in [6, 6.07) is 0. The maximum Gasteiger partial charge on any atom is 0.302 e. The Morgan fingerprint density at radius 2 is 1.96 bits per heavy atom. The minimum Gasteiger partial charge on any atom is -0.462 e. The first-order valence-corrected chi connectivity index (χ1v) is 10.3. The molecule has 3 heteroatoms. The van der Waals surface area contributed by atoms with Crippen LogP contribution in [0.5, 0.6) is 0 Å². The standard InChI is InChI=1S/C23H32O3/c1-5-23(25)13-10-20-18-7-6-16-14-17(26-15(2)24)8-11-21(16,3)19(18)9-12-22(20,23)4/h1,6,17-20,25H,7-14H2,2-4H3/t17-,18+,19+,20+,21+,22+,23+/m0/s1. The van der Waals surface area contributed by atoms with Gasteiger partial charge in [-0.1, -0.05) is 31.4 Å². The SMILES string of the molecule is C#C[C@@]1(O)CC[C@@H]2[C@@H]3CC=C4C[C@@H](OC(C)=O)CC[C@@]4(C)[C@@H]3CC[C@]21C. The number of allylic oxidation sites excluding steroid dienone is 1. The number of hydrogen-bond donors (Lipinski definition) is 1. The molecule has 26 heavy (non-hydrogen) atoms. The monoisotopic (exact) mass is 356 g/mol. The molecule has 0 radical (unpaired) electrons. The van der Waals surface area contributed by atoms with Gasteiger partial charge in [0.2, 0.25) is 0 Å². The third-order valence-electron chi connectivity index (χ3n) is 8.78. The van der Waals surface area contributed by atoms with Crippen LogP contribution in [-0.4, -0.2) is 22.8 Å². The minimum atomic E-state index is -0.930. The van der Waals surface area contributed by atoms with Crippen LogP contribution in [0.25, 0.3) is 0 Å². The highest BCUT2D eigenvalue weighted by Crippen LogP contribution is 2.67. The van der Waals surface area contributed by atoms with Gasteiger partial charge < -0.3 is 9.84 Å². The van der Waals surface area contributed by atoms with E-state index in [2.05, 4.69) is 25.8 Å². The van der Waals surface area contributed by atoms with Crippen molar-refractivity contribution >= 4 is 5.97 Å². The Bertz CT molecular complexity index is 688. The molecule has 0 unspecified atom stereocenters. The molecule has 0 aliphatic heterocycles. The number of ether oxygens (including phenoxy) is 1. The number of carbonyl (C=O) groups excluding carboxylic acids is 1. The van der Waals surface area contributed by atoms with Crippen LogP contribution in [0, 0.1) is 40.9 Å². The molecule has 0 amide bonds. The molecule has 3 nitrogen and oxygen atoms in total. The molecule has 0 saturated heterocycles. The Hall–Kier alpha value is -1.27. The van der Waals surface area contributed by atoms with Gasteiger partial charge in [-0.3, -0.25) is 4.79 Å². The van der Waals surface area contributed by atoms with Crippen LogP contribution in [0.15, 0.2) is 11.6 Å². The second-order valence-electron chi connectivity index (χ2n) is 9.73. The quantitative estimate of drug-likeness (QED) is 0.434. The van der Waals surface area contributed by atoms with Gasteiger partial charge in [-0.15, -0.1) is 6.42 Å². The Kier molecular flexibility index (Phi) is 4.08. The first-order chi connectivity index (χ1) is 12.2. The van der Waals surface area contributed by atoms with Gasteiger partial charge in [0.15, 0.2) is 0 Å². The molecule has 4 aliphatic rings. The number of esters is 1. The van der Waals surface area contributed by atoms with Gasteiger partial charge in [-0.25, -0.2) is 0 Å². The summed E-state index contributed by atoms with van der Waals surface area (Å²) in [5.74, 6) is 4.39. The smallest absolute Gasteiger partial charge is 0.302 e. The lowest BCUT2D eigenvalue weighted by molar-refractivity contribution is -0.149. The van der Waals surface area contributed by atoms with E-state index in [0.29, 0.717) is 17.8 Å². The van der Waals surface area contributed by atoms with Gasteiger partial charge in [0.05, 0.1) is 0 Å². The van der Waals surface area contributed by atoms with E-state index in [0.717, 1.165) is 51.4 Å². The van der Waals surface area contributed by atoms with E-state index < -0.39 is 5.60 Å². The van der Waals surface area contributed by atoms with E-state index in [1.54, 1.807) is 0 Å². The van der Waals surface area contributed by atoms with Gasteiger partial charge >= 0.3 is 5.97 Å². The minimum absolute atomic E-state index is 0.0512. The van der Waals surface area contributed by atoms with Crippen LogP contribution >= 0.6 is 0 Å². The third-order valence-corrected chi connectivity index (χ3v) is 8.78. The van der Waals surface area contributed by atoms with Crippen molar-refractivity contribution in [3.63, 3.8) is 0 Å². The van der Waals surface area contributed by atoms with E-state index in [4.69, 9.17) is 11.2 Å². The summed E-state index contributed by atoms with van der Waals surface area (Å²) in [4.78, 5) is 11.3. The molecule has 3 saturated carbocycles. The van der Waals surface area contributed by atoms with Crippen molar-refractivity contribution in [3.05, 3.63) is 11.6 Å². The predicted molar refractivity (Wildman–Crippen MR) is 101 cm³/mol. The zero-order valence-corrected chi connectivity index (χ0v) is 16.4. The molecule has 0 heterocycles. The lowest BCUT2D eigenvalue weighted by Gasteiger charge is -2.58. The number of terminal acetylenes is 1. The summed E-state index contributed by atoms with van der Waals surface area (Å²) >= 11 is 0. The van der Waals surface area contributed by atoms with E-state index in [1.807, 2.05) is 0 Å². The van der Waals surface area contributed by atoms with Gasteiger partial charge in [-0.05, 0) is 68.1 Å². The van der Waals surface area contributed by atoms with Gasteiger partial charge in [0.1, 0.15) is 11.7 Å². The molecule has 7 atom stereocenters. The average molecular weight is 357 g/mol. The fourth-order valence-corrected chi connectivity index (χ4v) is 7.22. The summed E-state index contributed by atoms with van der Waals surface area (Å²) in [5, 5.41) is 11.1. The van der Waals surface area contributed by atoms with Crippen molar-refractivity contribution in [1.82, 2.24) is 0 Å². The second-order valence-corrected chi connectivity index (χ2v) is 9.73. The van der Waals surface area contributed by atoms with E-state index >= 15 is 0 Å². The Labute approximate surface area is 157 Å². The van der Waals surface area contributed by atoms with Crippen LogP contribution in [0.1, 0.15) is 72.1 Å². The van der Waals surface area contributed by atoms with Gasteiger partial charge in [0.25, 0.3) is 0 Å². The van der Waals surface area contributed by atoms with Crippen LogP contribution < -0.4 is 0 Å². The largest absolute Gasteiger partial charge is 0.462 e. The molecule has 0 aromatic heterocycles. The Morgan fingerprint density at radius 3 is 2.65 bits per heavy atom. The Morgan fingerprint density at radius 1 is 1.23 bits per heavy atom. The number of hydrogen-bond acceptors (Lipinski definition) is 3. The average Bonchev–Trinajstić information content (AvgIpc) is 2.87. The Balaban J connectivity index is 1.61. The molecule has 0 aromatic rings. The zero-order valence-electron chi connectivity index (χ0n) is 16.4. The lowest BCUT2D eigenvalue weighted by Crippen LogP contribution is -2.54. The number of fused-ring (bicyclic) bond motifs is 5. The summed E-state index contributed by atoms with van der Waals surface area (Å²) in [5.41, 5.74) is 0.655. The summed E-state index contributed by atoms with van der Waals surface area (Å²) in [6.07, 6.45) is 16.3. The molecule has 4 aliphatic carbocycles. The molecular formula is C23H32O3. The van der Waals surface area contributed by atoms with E-state index in [1.165, 1.54) is 12.5 Å². The summed E-state index contributed by atoms with van der Waals surface area (Å²) in [7, 11) is 0. The molecule has 0 spiro atoms. The first kappa shape index (κ1) is 18.1. The molecule has 1 N–H and O–H groups in total. The maximum absolute atomic E-state index is 11.3. The summed E-state index contributed by atoms with van der Waals surface area (Å²) < 4.78 is 5.51. The third kappa shape index (κ3) is 2.34. The van der Waals surface area contributed by atoms with E-state index in [9.17, 15) is 9.90 Å². The second kappa shape index (κ2) is 5.86. The zero-order chi connectivity index (χ0) is 18.7. The highest BCUT2D eigenvalue weighted by Gasteiger charge is 2.63. The van der Waals surface area contributed by atoms with Crippen LogP contribution in [0.2, 0.25) is 0 Å². The fourth-order valence-electron chi connectivity index (χ4n) is 7.22. The molecule has 0 aromatic carbocycles. The van der Waals surface area contributed by atoms with E-state index in [-0.39, 0.29) is 22.9 Å². The fraction of sp³-hybridized carbons (Fsp3) is 0.783. The highest BCUT2D eigenvalue weighted by molar-refractivity contribution is 5.66. The van der Waals surface area contributed by atoms with Gasteiger partial charge in [0, 0.05) is 18.8 Å². The van der Waals surface area contributed by atoms with Crippen molar-refractivity contribution in [2.24, 2.45) is 28.6 Å². The predicted octanol–water partition coefficient (Wildman–Crippen LogP) is 4.25. The van der Waals surface area contributed by atoms with Crippen molar-refractivity contribution in [2.45, 2.75) is 83.8 Å². The maximum atomic E-state index is 11.3. The molecule has 142 valence electrons. The molecule has 0 bridgehead atoms. The molecule has 4 rings (SSSR count). The normalized spacial score (nSPS) is 49.9. The molecule has 3 fully saturated rings. The van der Waals surface area contributed by atoms with Crippen LogP contribution in [-0.2, 0) is 9.53 Å². The van der Waals surface area contributed by atoms with Crippen LogP contribution in [0.3, 0.4) is 0 Å². The molecular weight excluding hydrogens is 324 g/mol. The lowest BCUT2D eigenvalue weighted by atomic mass is 9.47. The van der Waals surface area contributed by atoms with Crippen molar-refractivity contribution in [1.29, 1.82) is 0 Å². The van der Waals surface area contributed by atoms with Gasteiger partial charge in [-0.2, -0.15) is 0 Å². The van der Waals surface area contributed by atoms with Crippen molar-refractivity contribution in [2.75, 3.05) is 0 Å². The number of rotatable bonds is 1. The van der Waals surface area contributed by atoms with Crippen LogP contribution in [0.4, 0.5) is 0 Å². The first-order valence-electron chi connectivity index (χ1n) is 10.3. The highest BCUT2D eigenvalue weighted by atomic mass is 16.5. The number of aliphatic hydroxyl groups is 1. The van der Waals surface area contributed by atoms with Crippen molar-refractivity contribution in [3.8, 4) is 12.3 Å².